The van der Waals surface area contributed by atoms with Crippen molar-refractivity contribution in [1.29, 1.82) is 0 Å². The van der Waals surface area contributed by atoms with Crippen LogP contribution < -0.4 is 5.32 Å². The summed E-state index contributed by atoms with van der Waals surface area (Å²) in [7, 11) is 0. The van der Waals surface area contributed by atoms with Crippen molar-refractivity contribution in [1.82, 2.24) is 25.1 Å². The normalized spacial score (nSPS) is 16.8. The standard InChI is InChI=1S/C18H20N6O3/c25-15(5-2-10-23-16(26)8-9-17(23)27)19-13-4-1-3-12(11-13)18-20-21-22-24(18)14-6-7-14/h1,3-4,11,14H,2,5-10H2,(H,19,25). The Labute approximate surface area is 155 Å². The number of tetrazole rings is 1. The fraction of sp³-hybridized carbons (Fsp3) is 0.444. The highest BCUT2D eigenvalue weighted by atomic mass is 16.2. The minimum atomic E-state index is -0.159. The third-order valence-corrected chi connectivity index (χ3v) is 4.73. The van der Waals surface area contributed by atoms with Crippen LogP contribution in [-0.4, -0.2) is 49.4 Å². The first-order valence-corrected chi connectivity index (χ1v) is 9.13. The molecule has 27 heavy (non-hydrogen) atoms. The molecule has 0 bridgehead atoms. The average molecular weight is 368 g/mol. The predicted octanol–water partition coefficient (Wildman–Crippen LogP) is 1.54. The second-order valence-corrected chi connectivity index (χ2v) is 6.85. The summed E-state index contributed by atoms with van der Waals surface area (Å²) in [6.45, 7) is 0.293. The molecule has 1 saturated carbocycles. The Hall–Kier alpha value is -3.10. The van der Waals surface area contributed by atoms with Crippen molar-refractivity contribution in [3.8, 4) is 11.4 Å². The number of amides is 3. The third-order valence-electron chi connectivity index (χ3n) is 4.73. The lowest BCUT2D eigenvalue weighted by atomic mass is 10.2. The van der Waals surface area contributed by atoms with Crippen molar-refractivity contribution in [3.63, 3.8) is 0 Å². The molecule has 2 aliphatic rings. The van der Waals surface area contributed by atoms with E-state index in [0.29, 0.717) is 30.5 Å². The molecular weight excluding hydrogens is 348 g/mol. The van der Waals surface area contributed by atoms with Gasteiger partial charge in [0.15, 0.2) is 5.82 Å². The number of nitrogens with zero attached hydrogens (tertiary/aromatic N) is 5. The molecule has 0 atom stereocenters. The monoisotopic (exact) mass is 368 g/mol. The fourth-order valence-electron chi connectivity index (χ4n) is 3.18. The predicted molar refractivity (Wildman–Crippen MR) is 95.3 cm³/mol. The number of imide groups is 1. The maximum absolute atomic E-state index is 12.2. The summed E-state index contributed by atoms with van der Waals surface area (Å²) in [4.78, 5) is 36.6. The van der Waals surface area contributed by atoms with Crippen LogP contribution in [0.2, 0.25) is 0 Å². The number of hydrogen-bond acceptors (Lipinski definition) is 6. The molecule has 1 N–H and O–H groups in total. The van der Waals surface area contributed by atoms with Crippen LogP contribution in [-0.2, 0) is 14.4 Å². The van der Waals surface area contributed by atoms with Gasteiger partial charge in [-0.15, -0.1) is 5.10 Å². The van der Waals surface area contributed by atoms with Crippen molar-refractivity contribution in [3.05, 3.63) is 24.3 Å². The summed E-state index contributed by atoms with van der Waals surface area (Å²) in [5.41, 5.74) is 1.51. The minimum absolute atomic E-state index is 0.151. The highest BCUT2D eigenvalue weighted by molar-refractivity contribution is 6.02. The molecule has 1 aromatic carbocycles. The van der Waals surface area contributed by atoms with Crippen LogP contribution in [0.15, 0.2) is 24.3 Å². The van der Waals surface area contributed by atoms with Crippen molar-refractivity contribution in [2.75, 3.05) is 11.9 Å². The number of nitrogens with one attached hydrogen (secondary N) is 1. The van der Waals surface area contributed by atoms with Gasteiger partial charge in [-0.25, -0.2) is 4.68 Å². The Morgan fingerprint density at radius 3 is 2.70 bits per heavy atom. The summed E-state index contributed by atoms with van der Waals surface area (Å²) in [5, 5.41) is 14.7. The number of carbonyl (C=O) groups excluding carboxylic acids is 3. The van der Waals surface area contributed by atoms with E-state index < -0.39 is 0 Å². The van der Waals surface area contributed by atoms with Crippen molar-refractivity contribution in [2.45, 2.75) is 44.6 Å². The lowest BCUT2D eigenvalue weighted by Gasteiger charge is -2.13. The number of carbonyl (C=O) groups is 3. The number of anilines is 1. The quantitative estimate of drug-likeness (QED) is 0.742. The van der Waals surface area contributed by atoms with Gasteiger partial charge in [0.05, 0.1) is 6.04 Å². The van der Waals surface area contributed by atoms with Crippen LogP contribution in [0.5, 0.6) is 0 Å². The largest absolute Gasteiger partial charge is 0.326 e. The second-order valence-electron chi connectivity index (χ2n) is 6.85. The molecular formula is C18H20N6O3. The number of hydrogen-bond donors (Lipinski definition) is 1. The number of likely N-dealkylation sites (tertiary alicyclic amines) is 1. The molecule has 0 unspecified atom stereocenters. The van der Waals surface area contributed by atoms with Crippen molar-refractivity contribution >= 4 is 23.4 Å². The Morgan fingerprint density at radius 2 is 1.96 bits per heavy atom. The van der Waals surface area contributed by atoms with E-state index in [-0.39, 0.29) is 37.0 Å². The van der Waals surface area contributed by atoms with Gasteiger partial charge < -0.3 is 5.32 Å². The summed E-state index contributed by atoms with van der Waals surface area (Å²) in [5.74, 6) is 0.232. The molecule has 140 valence electrons. The van der Waals surface area contributed by atoms with E-state index in [2.05, 4.69) is 20.8 Å². The first-order valence-electron chi connectivity index (χ1n) is 9.13. The van der Waals surface area contributed by atoms with E-state index in [1.165, 1.54) is 4.90 Å². The van der Waals surface area contributed by atoms with Gasteiger partial charge in [0.25, 0.3) is 0 Å². The maximum Gasteiger partial charge on any atom is 0.229 e. The summed E-state index contributed by atoms with van der Waals surface area (Å²) in [6, 6.07) is 7.77. The van der Waals surface area contributed by atoms with Gasteiger partial charge in [-0.05, 0) is 41.8 Å². The van der Waals surface area contributed by atoms with Crippen LogP contribution in [0.1, 0.15) is 44.6 Å². The Bertz CT molecular complexity index is 873. The average Bonchev–Trinajstić information content (AvgIpc) is 3.30. The molecule has 9 nitrogen and oxygen atoms in total. The molecule has 0 spiro atoms. The van der Waals surface area contributed by atoms with Gasteiger partial charge >= 0.3 is 0 Å². The van der Waals surface area contributed by atoms with Gasteiger partial charge in [0.1, 0.15) is 0 Å². The first-order chi connectivity index (χ1) is 13.1. The van der Waals surface area contributed by atoms with E-state index in [0.717, 1.165) is 18.4 Å². The van der Waals surface area contributed by atoms with E-state index in [1.54, 1.807) is 6.07 Å². The molecule has 1 aliphatic heterocycles. The molecule has 1 aliphatic carbocycles. The second kappa shape index (κ2) is 7.26. The Morgan fingerprint density at radius 1 is 1.19 bits per heavy atom. The zero-order chi connectivity index (χ0) is 18.8. The zero-order valence-corrected chi connectivity index (χ0v) is 14.8. The minimum Gasteiger partial charge on any atom is -0.326 e. The molecule has 0 radical (unpaired) electrons. The van der Waals surface area contributed by atoms with Crippen LogP contribution in [0.4, 0.5) is 5.69 Å². The lowest BCUT2D eigenvalue weighted by molar-refractivity contribution is -0.138. The molecule has 3 amide bonds. The fourth-order valence-corrected chi connectivity index (χ4v) is 3.18. The molecule has 2 aromatic rings. The molecule has 9 heteroatoms. The van der Waals surface area contributed by atoms with Crippen LogP contribution in [0.3, 0.4) is 0 Å². The van der Waals surface area contributed by atoms with Gasteiger partial charge in [-0.2, -0.15) is 0 Å². The van der Waals surface area contributed by atoms with Crippen molar-refractivity contribution < 1.29 is 14.4 Å². The molecule has 2 heterocycles. The first kappa shape index (κ1) is 17.3. The maximum atomic E-state index is 12.2. The van der Waals surface area contributed by atoms with E-state index in [9.17, 15) is 14.4 Å². The van der Waals surface area contributed by atoms with Crippen LogP contribution in [0.25, 0.3) is 11.4 Å². The Kier molecular flexibility index (Phi) is 4.66. The topological polar surface area (TPSA) is 110 Å². The van der Waals surface area contributed by atoms with E-state index >= 15 is 0 Å². The molecule has 4 rings (SSSR count). The zero-order valence-electron chi connectivity index (χ0n) is 14.8. The molecule has 1 aromatic heterocycles. The van der Waals surface area contributed by atoms with E-state index in [1.807, 2.05) is 22.9 Å². The Balaban J connectivity index is 1.34. The van der Waals surface area contributed by atoms with Gasteiger partial charge in [0.2, 0.25) is 17.7 Å². The van der Waals surface area contributed by atoms with Crippen molar-refractivity contribution in [2.24, 2.45) is 0 Å². The third kappa shape index (κ3) is 3.86. The van der Waals surface area contributed by atoms with Gasteiger partial charge in [-0.1, -0.05) is 12.1 Å². The van der Waals surface area contributed by atoms with Crippen LogP contribution >= 0.6 is 0 Å². The summed E-state index contributed by atoms with van der Waals surface area (Å²) >= 11 is 0. The van der Waals surface area contributed by atoms with Crippen LogP contribution in [0, 0.1) is 0 Å². The number of aromatic nitrogens is 4. The van der Waals surface area contributed by atoms with Gasteiger partial charge in [-0.3, -0.25) is 19.3 Å². The summed E-state index contributed by atoms with van der Waals surface area (Å²) < 4.78 is 1.82. The molecule has 2 fully saturated rings. The number of benzene rings is 1. The SMILES string of the molecule is O=C(CCCN1C(=O)CCC1=O)Nc1cccc(-c2nnnn2C2CC2)c1. The van der Waals surface area contributed by atoms with Gasteiger partial charge in [0, 0.05) is 37.1 Å². The lowest BCUT2D eigenvalue weighted by Crippen LogP contribution is -2.30. The number of rotatable bonds is 7. The molecule has 1 saturated heterocycles. The summed E-state index contributed by atoms with van der Waals surface area (Å²) in [6.07, 6.45) is 3.40. The highest BCUT2D eigenvalue weighted by Gasteiger charge is 2.29. The highest BCUT2D eigenvalue weighted by Crippen LogP contribution is 2.36. The van der Waals surface area contributed by atoms with E-state index in [4.69, 9.17) is 0 Å². The smallest absolute Gasteiger partial charge is 0.229 e.